The molecule has 0 bridgehead atoms. The third-order valence-electron chi connectivity index (χ3n) is 4.98. The molecule has 124 valence electrons. The molecule has 6 heteroatoms. The Morgan fingerprint density at radius 3 is 2.67 bits per heavy atom. The van der Waals surface area contributed by atoms with Gasteiger partial charge in [-0.05, 0) is 63.0 Å². The first kappa shape index (κ1) is 15.6. The van der Waals surface area contributed by atoms with Crippen LogP contribution >= 0.6 is 11.5 Å². The van der Waals surface area contributed by atoms with Gasteiger partial charge in [-0.1, -0.05) is 0 Å². The van der Waals surface area contributed by atoms with E-state index in [1.165, 1.54) is 50.3 Å². The number of nitriles is 1. The van der Waals surface area contributed by atoms with Crippen LogP contribution in [0.15, 0.2) is 24.3 Å². The van der Waals surface area contributed by atoms with Gasteiger partial charge in [0.25, 0.3) is 0 Å². The van der Waals surface area contributed by atoms with Gasteiger partial charge in [0.2, 0.25) is 5.13 Å². The van der Waals surface area contributed by atoms with E-state index in [9.17, 15) is 0 Å². The Morgan fingerprint density at radius 1 is 1.12 bits per heavy atom. The van der Waals surface area contributed by atoms with Crippen molar-refractivity contribution in [1.29, 1.82) is 5.26 Å². The molecule has 0 spiro atoms. The van der Waals surface area contributed by atoms with Crippen molar-refractivity contribution in [3.05, 3.63) is 29.8 Å². The summed E-state index contributed by atoms with van der Waals surface area (Å²) in [6.45, 7) is 4.74. The molecule has 1 atom stereocenters. The second kappa shape index (κ2) is 6.88. The van der Waals surface area contributed by atoms with Crippen LogP contribution in [0.3, 0.4) is 0 Å². The molecule has 24 heavy (non-hydrogen) atoms. The summed E-state index contributed by atoms with van der Waals surface area (Å²) >= 11 is 1.49. The molecule has 2 aromatic rings. The third-order valence-corrected chi connectivity index (χ3v) is 5.73. The summed E-state index contributed by atoms with van der Waals surface area (Å²) < 4.78 is 4.55. The summed E-state index contributed by atoms with van der Waals surface area (Å²) in [5.74, 6) is 0.770. The Bertz CT molecular complexity index is 727. The lowest BCUT2D eigenvalue weighted by Gasteiger charge is -2.27. The summed E-state index contributed by atoms with van der Waals surface area (Å²) in [4.78, 5) is 9.81. The SMILES string of the molecule is N#Cc1ccc(-c2nsc(N3CCC[C@H]3CN3CCCC3)n2)cc1. The molecule has 3 heterocycles. The van der Waals surface area contributed by atoms with Crippen LogP contribution in [0.2, 0.25) is 0 Å². The smallest absolute Gasteiger partial charge is 0.205 e. The van der Waals surface area contributed by atoms with Crippen molar-refractivity contribution in [3.8, 4) is 17.5 Å². The molecule has 0 aliphatic carbocycles. The van der Waals surface area contributed by atoms with Gasteiger partial charge in [0.15, 0.2) is 5.82 Å². The maximum atomic E-state index is 8.90. The number of aromatic nitrogens is 2. The Morgan fingerprint density at radius 2 is 1.92 bits per heavy atom. The molecule has 2 aliphatic heterocycles. The number of anilines is 1. The van der Waals surface area contributed by atoms with E-state index in [1.54, 1.807) is 0 Å². The summed E-state index contributed by atoms with van der Waals surface area (Å²) in [5, 5.41) is 9.94. The predicted octanol–water partition coefficient (Wildman–Crippen LogP) is 3.14. The van der Waals surface area contributed by atoms with Crippen molar-refractivity contribution < 1.29 is 0 Å². The second-order valence-corrected chi connectivity index (χ2v) is 7.32. The molecule has 2 fully saturated rings. The van der Waals surface area contributed by atoms with E-state index in [4.69, 9.17) is 10.2 Å². The molecule has 1 aromatic carbocycles. The third kappa shape index (κ3) is 3.14. The van der Waals surface area contributed by atoms with Gasteiger partial charge in [0.05, 0.1) is 11.6 Å². The zero-order chi connectivity index (χ0) is 16.4. The number of benzene rings is 1. The van der Waals surface area contributed by atoms with Crippen molar-refractivity contribution >= 4 is 16.7 Å². The van der Waals surface area contributed by atoms with Gasteiger partial charge in [-0.2, -0.15) is 14.6 Å². The van der Waals surface area contributed by atoms with Gasteiger partial charge >= 0.3 is 0 Å². The zero-order valence-electron chi connectivity index (χ0n) is 13.7. The lowest BCUT2D eigenvalue weighted by Crippen LogP contribution is -2.39. The second-order valence-electron chi connectivity index (χ2n) is 6.59. The molecule has 5 nitrogen and oxygen atoms in total. The maximum absolute atomic E-state index is 8.90. The van der Waals surface area contributed by atoms with Crippen LogP contribution < -0.4 is 4.90 Å². The van der Waals surface area contributed by atoms with Crippen LogP contribution in [0.25, 0.3) is 11.4 Å². The molecule has 0 saturated carbocycles. The topological polar surface area (TPSA) is 56.1 Å². The number of hydrogen-bond donors (Lipinski definition) is 0. The van der Waals surface area contributed by atoms with Crippen LogP contribution in [0, 0.1) is 11.3 Å². The summed E-state index contributed by atoms with van der Waals surface area (Å²) in [7, 11) is 0. The average Bonchev–Trinajstić information content (AvgIpc) is 3.37. The lowest BCUT2D eigenvalue weighted by molar-refractivity contribution is 0.314. The summed E-state index contributed by atoms with van der Waals surface area (Å²) in [6, 6.07) is 10.2. The molecule has 0 unspecified atom stereocenters. The Hall–Kier alpha value is -1.97. The van der Waals surface area contributed by atoms with Crippen LogP contribution in [0.5, 0.6) is 0 Å². The predicted molar refractivity (Wildman–Crippen MR) is 96.1 cm³/mol. The van der Waals surface area contributed by atoms with E-state index in [1.807, 2.05) is 24.3 Å². The highest BCUT2D eigenvalue weighted by Crippen LogP contribution is 2.30. The maximum Gasteiger partial charge on any atom is 0.205 e. The van der Waals surface area contributed by atoms with Crippen molar-refractivity contribution in [3.63, 3.8) is 0 Å². The highest BCUT2D eigenvalue weighted by molar-refractivity contribution is 7.09. The van der Waals surface area contributed by atoms with Gasteiger partial charge < -0.3 is 9.80 Å². The number of likely N-dealkylation sites (tertiary alicyclic amines) is 1. The summed E-state index contributed by atoms with van der Waals surface area (Å²) in [5.41, 5.74) is 1.64. The van der Waals surface area contributed by atoms with E-state index in [-0.39, 0.29) is 0 Å². The Balaban J connectivity index is 1.49. The Labute approximate surface area is 146 Å². The van der Waals surface area contributed by atoms with Crippen molar-refractivity contribution in [2.75, 3.05) is 31.1 Å². The normalized spacial score (nSPS) is 21.3. The minimum atomic E-state index is 0.574. The van der Waals surface area contributed by atoms with Crippen molar-refractivity contribution in [1.82, 2.24) is 14.3 Å². The van der Waals surface area contributed by atoms with Crippen LogP contribution in [-0.2, 0) is 0 Å². The largest absolute Gasteiger partial charge is 0.343 e. The highest BCUT2D eigenvalue weighted by atomic mass is 32.1. The fourth-order valence-corrected chi connectivity index (χ4v) is 4.47. The molecule has 0 radical (unpaired) electrons. The van der Waals surface area contributed by atoms with E-state index < -0.39 is 0 Å². The molecule has 2 saturated heterocycles. The van der Waals surface area contributed by atoms with E-state index >= 15 is 0 Å². The molecule has 4 rings (SSSR count). The van der Waals surface area contributed by atoms with Gasteiger partial charge in [0.1, 0.15) is 0 Å². The quantitative estimate of drug-likeness (QED) is 0.856. The molecular formula is C18H21N5S. The lowest BCUT2D eigenvalue weighted by atomic mass is 10.1. The van der Waals surface area contributed by atoms with Crippen molar-refractivity contribution in [2.24, 2.45) is 0 Å². The summed E-state index contributed by atoms with van der Waals surface area (Å²) in [6.07, 6.45) is 5.18. The molecule has 1 aromatic heterocycles. The van der Waals surface area contributed by atoms with Crippen molar-refractivity contribution in [2.45, 2.75) is 31.7 Å². The van der Waals surface area contributed by atoms with E-state index in [0.717, 1.165) is 29.6 Å². The standard InChI is InChI=1S/C18H21N5S/c19-12-14-5-7-15(8-6-14)17-20-18(24-21-17)23-11-3-4-16(23)13-22-9-1-2-10-22/h5-8,16H,1-4,9-11,13H2/t16-/m0/s1. The monoisotopic (exact) mass is 339 g/mol. The number of nitrogens with zero attached hydrogens (tertiary/aromatic N) is 5. The fraction of sp³-hybridized carbons (Fsp3) is 0.500. The first-order chi connectivity index (χ1) is 11.8. The zero-order valence-corrected chi connectivity index (χ0v) is 14.5. The number of rotatable bonds is 4. The molecule has 2 aliphatic rings. The first-order valence-electron chi connectivity index (χ1n) is 8.67. The number of hydrogen-bond acceptors (Lipinski definition) is 6. The van der Waals surface area contributed by atoms with Crippen LogP contribution in [-0.4, -0.2) is 46.5 Å². The van der Waals surface area contributed by atoms with Crippen LogP contribution in [0.4, 0.5) is 5.13 Å². The van der Waals surface area contributed by atoms with Gasteiger partial charge in [0, 0.05) is 36.2 Å². The highest BCUT2D eigenvalue weighted by Gasteiger charge is 2.29. The first-order valence-corrected chi connectivity index (χ1v) is 9.44. The molecule has 0 amide bonds. The average molecular weight is 339 g/mol. The minimum absolute atomic E-state index is 0.574. The van der Waals surface area contributed by atoms with E-state index in [2.05, 4.69) is 20.2 Å². The fourth-order valence-electron chi connectivity index (χ4n) is 3.68. The molecule has 0 N–H and O–H groups in total. The van der Waals surface area contributed by atoms with Gasteiger partial charge in [-0.3, -0.25) is 0 Å². The molecular weight excluding hydrogens is 318 g/mol. The van der Waals surface area contributed by atoms with Crippen LogP contribution in [0.1, 0.15) is 31.2 Å². The minimum Gasteiger partial charge on any atom is -0.343 e. The van der Waals surface area contributed by atoms with E-state index in [0.29, 0.717) is 11.6 Å². The van der Waals surface area contributed by atoms with Gasteiger partial charge in [-0.25, -0.2) is 0 Å². The Kier molecular flexibility index (Phi) is 4.46. The van der Waals surface area contributed by atoms with Gasteiger partial charge in [-0.15, -0.1) is 0 Å².